The predicted molar refractivity (Wildman–Crippen MR) is 132 cm³/mol. The van der Waals surface area contributed by atoms with E-state index in [0.29, 0.717) is 17.1 Å². The van der Waals surface area contributed by atoms with Crippen LogP contribution in [-0.4, -0.2) is 41.1 Å². The standard InChI is InChI=1S/C24H18Cl4N2O5/c25-15-5-4-11(7-16(15)26)29-17(31)9-35-24(34)10-2-1-3-12(6-10)30-22(32)18-13-8-14(19(18)23(30)33)21(28)20(13)27/h1-7,13-14,18-21H,8-9H2,(H,29,31)/t13-,14-,18-,19+,20+,21+/m1/s1. The third kappa shape index (κ3) is 4.18. The zero-order chi connectivity index (χ0) is 25.0. The molecule has 5 rings (SSSR count). The number of esters is 1. The third-order valence-corrected chi connectivity index (χ3v) is 8.92. The number of rotatable bonds is 5. The Kier molecular flexibility index (Phi) is 6.46. The van der Waals surface area contributed by atoms with Crippen molar-refractivity contribution in [2.24, 2.45) is 23.7 Å². The number of amides is 3. The Bertz CT molecular complexity index is 1220. The molecule has 11 heteroatoms. The van der Waals surface area contributed by atoms with E-state index in [1.165, 1.54) is 24.3 Å². The molecule has 0 unspecified atom stereocenters. The summed E-state index contributed by atoms with van der Waals surface area (Å²) in [6.45, 7) is -0.549. The lowest BCUT2D eigenvalue weighted by Gasteiger charge is -2.28. The quantitative estimate of drug-likeness (QED) is 0.326. The van der Waals surface area contributed by atoms with Gasteiger partial charge in [-0.15, -0.1) is 23.2 Å². The van der Waals surface area contributed by atoms with Gasteiger partial charge in [-0.3, -0.25) is 19.3 Å². The summed E-state index contributed by atoms with van der Waals surface area (Å²) in [5, 5.41) is 2.46. The number of hydrogen-bond donors (Lipinski definition) is 1. The summed E-state index contributed by atoms with van der Waals surface area (Å²) in [4.78, 5) is 52.2. The number of hydrogen-bond acceptors (Lipinski definition) is 5. The summed E-state index contributed by atoms with van der Waals surface area (Å²) in [5.74, 6) is -3.28. The van der Waals surface area contributed by atoms with Gasteiger partial charge in [0.1, 0.15) is 0 Å². The van der Waals surface area contributed by atoms with Gasteiger partial charge in [0.05, 0.1) is 43.9 Å². The molecule has 182 valence electrons. The van der Waals surface area contributed by atoms with Crippen LogP contribution in [0.15, 0.2) is 42.5 Å². The van der Waals surface area contributed by atoms with Crippen molar-refractivity contribution >= 4 is 81.5 Å². The van der Waals surface area contributed by atoms with Crippen molar-refractivity contribution in [3.05, 3.63) is 58.1 Å². The zero-order valence-electron chi connectivity index (χ0n) is 17.9. The summed E-state index contributed by atoms with van der Waals surface area (Å²) in [7, 11) is 0. The maximum absolute atomic E-state index is 13.2. The smallest absolute Gasteiger partial charge is 0.338 e. The average Bonchev–Trinajstić information content (AvgIpc) is 3.44. The van der Waals surface area contributed by atoms with Crippen LogP contribution < -0.4 is 10.2 Å². The minimum absolute atomic E-state index is 0.0934. The molecule has 35 heavy (non-hydrogen) atoms. The lowest BCUT2D eigenvalue weighted by Crippen LogP contribution is -2.37. The van der Waals surface area contributed by atoms with Crippen LogP contribution in [0.3, 0.4) is 0 Å². The number of halogens is 4. The van der Waals surface area contributed by atoms with Gasteiger partial charge in [0.15, 0.2) is 6.61 Å². The van der Waals surface area contributed by atoms with Gasteiger partial charge < -0.3 is 10.1 Å². The second kappa shape index (κ2) is 9.28. The lowest BCUT2D eigenvalue weighted by molar-refractivity contribution is -0.123. The maximum atomic E-state index is 13.2. The fraction of sp³-hybridized carbons (Fsp3) is 0.333. The third-order valence-electron chi connectivity index (χ3n) is 6.86. The van der Waals surface area contributed by atoms with E-state index < -0.39 is 30.3 Å². The Balaban J connectivity index is 1.26. The fourth-order valence-corrected chi connectivity index (χ4v) is 6.55. The molecule has 2 bridgehead atoms. The van der Waals surface area contributed by atoms with Gasteiger partial charge >= 0.3 is 5.97 Å². The second-order valence-electron chi connectivity index (χ2n) is 8.82. The molecule has 2 aromatic carbocycles. The first-order valence-corrected chi connectivity index (χ1v) is 12.5. The van der Waals surface area contributed by atoms with Crippen molar-refractivity contribution in [2.75, 3.05) is 16.8 Å². The van der Waals surface area contributed by atoms with Crippen LogP contribution in [0, 0.1) is 23.7 Å². The topological polar surface area (TPSA) is 92.8 Å². The van der Waals surface area contributed by atoms with Crippen molar-refractivity contribution in [3.8, 4) is 0 Å². The van der Waals surface area contributed by atoms with Gasteiger partial charge in [-0.1, -0.05) is 29.3 Å². The number of carbonyl (C=O) groups is 4. The van der Waals surface area contributed by atoms with Crippen LogP contribution in [0.4, 0.5) is 11.4 Å². The molecule has 3 amide bonds. The van der Waals surface area contributed by atoms with Crippen LogP contribution in [0.5, 0.6) is 0 Å². The Morgan fingerprint density at radius 3 is 2.23 bits per heavy atom. The summed E-state index contributed by atoms with van der Waals surface area (Å²) >= 11 is 24.6. The second-order valence-corrected chi connectivity index (χ2v) is 10.6. The molecular formula is C24H18Cl4N2O5. The molecule has 1 aliphatic heterocycles. The lowest BCUT2D eigenvalue weighted by atomic mass is 9.80. The van der Waals surface area contributed by atoms with Crippen LogP contribution in [0.25, 0.3) is 0 Å². The van der Waals surface area contributed by atoms with E-state index >= 15 is 0 Å². The van der Waals surface area contributed by atoms with Gasteiger partial charge in [0, 0.05) is 5.69 Å². The molecule has 6 atom stereocenters. The van der Waals surface area contributed by atoms with Crippen LogP contribution in [0.2, 0.25) is 10.0 Å². The molecule has 3 aliphatic rings. The van der Waals surface area contributed by atoms with E-state index in [2.05, 4.69) is 5.32 Å². The van der Waals surface area contributed by atoms with Crippen molar-refractivity contribution in [1.29, 1.82) is 0 Å². The Hall–Kier alpha value is -2.32. The number of alkyl halides is 2. The van der Waals surface area contributed by atoms with E-state index in [1.54, 1.807) is 18.2 Å². The number of nitrogens with one attached hydrogen (secondary N) is 1. The highest BCUT2D eigenvalue weighted by atomic mass is 35.5. The number of carbonyl (C=O) groups excluding carboxylic acids is 4. The highest BCUT2D eigenvalue weighted by molar-refractivity contribution is 6.42. The summed E-state index contributed by atoms with van der Waals surface area (Å²) in [6, 6.07) is 10.5. The van der Waals surface area contributed by atoms with Gasteiger partial charge in [-0.05, 0) is 54.7 Å². The van der Waals surface area contributed by atoms with Crippen molar-refractivity contribution in [1.82, 2.24) is 0 Å². The minimum atomic E-state index is -0.780. The van der Waals surface area contributed by atoms with Crippen LogP contribution in [-0.2, 0) is 19.1 Å². The largest absolute Gasteiger partial charge is 0.452 e. The minimum Gasteiger partial charge on any atom is -0.452 e. The molecule has 0 aromatic heterocycles. The molecular weight excluding hydrogens is 538 g/mol. The molecule has 0 radical (unpaired) electrons. The number of benzene rings is 2. The molecule has 3 fully saturated rings. The van der Waals surface area contributed by atoms with E-state index in [1.807, 2.05) is 0 Å². The SMILES string of the molecule is O=C(COC(=O)c1cccc(N2C(=O)[C@@H]3[C@H]4C[C@@H]([C@H](Cl)[C@H]4Cl)[C@@H]3C2=O)c1)Nc1ccc(Cl)c(Cl)c1. The van der Waals surface area contributed by atoms with Crippen molar-refractivity contribution < 1.29 is 23.9 Å². The monoisotopic (exact) mass is 554 g/mol. The van der Waals surface area contributed by atoms with Gasteiger partial charge in [-0.2, -0.15) is 0 Å². The summed E-state index contributed by atoms with van der Waals surface area (Å²) in [5.41, 5.74) is 0.753. The Morgan fingerprint density at radius 1 is 0.943 bits per heavy atom. The van der Waals surface area contributed by atoms with Crippen LogP contribution >= 0.6 is 46.4 Å². The maximum Gasteiger partial charge on any atom is 0.338 e. The molecule has 0 spiro atoms. The fourth-order valence-electron chi connectivity index (χ4n) is 5.36. The number of imide groups is 1. The molecule has 2 saturated carbocycles. The van der Waals surface area contributed by atoms with E-state index in [4.69, 9.17) is 51.1 Å². The average molecular weight is 556 g/mol. The zero-order valence-corrected chi connectivity index (χ0v) is 20.9. The first-order valence-electron chi connectivity index (χ1n) is 10.9. The van der Waals surface area contributed by atoms with Gasteiger partial charge in [0.25, 0.3) is 5.91 Å². The summed E-state index contributed by atoms with van der Waals surface area (Å²) in [6.07, 6.45) is 0.666. The first-order chi connectivity index (χ1) is 16.7. The molecule has 2 aliphatic carbocycles. The molecule has 7 nitrogen and oxygen atoms in total. The molecule has 1 saturated heterocycles. The Morgan fingerprint density at radius 2 is 1.60 bits per heavy atom. The first kappa shape index (κ1) is 24.4. The highest BCUT2D eigenvalue weighted by Crippen LogP contribution is 2.59. The number of anilines is 2. The predicted octanol–water partition coefficient (Wildman–Crippen LogP) is 4.76. The molecule has 1 heterocycles. The Labute approximate surface area is 220 Å². The highest BCUT2D eigenvalue weighted by Gasteiger charge is 2.66. The van der Waals surface area contributed by atoms with Crippen LogP contribution in [0.1, 0.15) is 16.8 Å². The van der Waals surface area contributed by atoms with E-state index in [-0.39, 0.29) is 50.7 Å². The molecule has 2 aromatic rings. The van der Waals surface area contributed by atoms with Gasteiger partial charge in [-0.25, -0.2) is 4.79 Å². The number of fused-ring (bicyclic) bond motifs is 5. The van der Waals surface area contributed by atoms with Crippen molar-refractivity contribution in [2.45, 2.75) is 17.2 Å². The van der Waals surface area contributed by atoms with Crippen molar-refractivity contribution in [3.63, 3.8) is 0 Å². The number of nitrogens with zero attached hydrogens (tertiary/aromatic N) is 1. The summed E-state index contributed by atoms with van der Waals surface area (Å²) < 4.78 is 5.10. The molecule has 1 N–H and O–H groups in total. The normalized spacial score (nSPS) is 28.9. The number of ether oxygens (including phenoxy) is 1. The van der Waals surface area contributed by atoms with E-state index in [9.17, 15) is 19.2 Å². The van der Waals surface area contributed by atoms with Gasteiger partial charge in [0.2, 0.25) is 11.8 Å². The van der Waals surface area contributed by atoms with E-state index in [0.717, 1.165) is 4.90 Å².